The number of carbonyl (C=O) groups is 4. The molecular weight excluding hydrogens is 731 g/mol. The van der Waals surface area contributed by atoms with E-state index in [1.807, 2.05) is 0 Å². The minimum absolute atomic E-state index is 0.0426. The van der Waals surface area contributed by atoms with Gasteiger partial charge in [-0.25, -0.2) is 0 Å². The maximum atomic E-state index is 12.6. The van der Waals surface area contributed by atoms with Crippen LogP contribution in [0.15, 0.2) is 0 Å². The molecule has 2 unspecified atom stereocenters. The molecule has 0 saturated heterocycles. The summed E-state index contributed by atoms with van der Waals surface area (Å²) in [7, 11) is 0. The van der Waals surface area contributed by atoms with Gasteiger partial charge in [-0.3, -0.25) is 19.2 Å². The summed E-state index contributed by atoms with van der Waals surface area (Å²) >= 11 is 0. The highest BCUT2D eigenvalue weighted by Crippen LogP contribution is 2.34. The summed E-state index contributed by atoms with van der Waals surface area (Å²) in [6.45, 7) is 18.0. The number of carbonyl (C=O) groups excluding carboxylic acids is 4. The predicted octanol–water partition coefficient (Wildman–Crippen LogP) is 11.5. The van der Waals surface area contributed by atoms with Gasteiger partial charge in [-0.15, -0.1) is 0 Å². The second-order valence-electron chi connectivity index (χ2n) is 19.3. The van der Waals surface area contributed by atoms with Crippen molar-refractivity contribution in [2.45, 2.75) is 196 Å². The summed E-state index contributed by atoms with van der Waals surface area (Å²) in [5.41, 5.74) is 0. The Labute approximate surface area is 355 Å². The van der Waals surface area contributed by atoms with Gasteiger partial charge in [-0.05, 0) is 99.8 Å². The van der Waals surface area contributed by atoms with Crippen LogP contribution in [0.4, 0.5) is 0 Å². The average Bonchev–Trinajstić information content (AvgIpc) is 3.19. The first-order valence-corrected chi connectivity index (χ1v) is 24.2. The molecule has 0 aromatic rings. The van der Waals surface area contributed by atoms with Crippen LogP contribution in [0.1, 0.15) is 196 Å². The molecule has 0 spiro atoms. The largest absolute Gasteiger partial charge is 0.462 e. The predicted molar refractivity (Wildman–Crippen MR) is 234 cm³/mol. The van der Waals surface area contributed by atoms with E-state index < -0.39 is 0 Å². The normalized spacial score (nSPS) is 20.9. The fourth-order valence-electron chi connectivity index (χ4n) is 9.05. The van der Waals surface area contributed by atoms with Gasteiger partial charge in [0.15, 0.2) is 0 Å². The van der Waals surface area contributed by atoms with Crippen molar-refractivity contribution in [2.24, 2.45) is 47.3 Å². The molecule has 0 aliphatic heterocycles. The maximum Gasteiger partial charge on any atom is 0.309 e. The van der Waals surface area contributed by atoms with Gasteiger partial charge in [0.1, 0.15) is 26.4 Å². The van der Waals surface area contributed by atoms with Crippen molar-refractivity contribution < 1.29 is 38.1 Å². The van der Waals surface area contributed by atoms with E-state index in [0.717, 1.165) is 99.8 Å². The Morgan fingerprint density at radius 3 is 1.21 bits per heavy atom. The summed E-state index contributed by atoms with van der Waals surface area (Å²) in [5.74, 6) is 3.54. The zero-order valence-corrected chi connectivity index (χ0v) is 38.5. The lowest BCUT2D eigenvalue weighted by Gasteiger charge is -2.27. The molecule has 2 atom stereocenters. The molecule has 2 aliphatic carbocycles. The van der Waals surface area contributed by atoms with Gasteiger partial charge in [0.05, 0.1) is 24.7 Å². The number of ether oxygens (including phenoxy) is 4. The van der Waals surface area contributed by atoms with Gasteiger partial charge in [-0.1, -0.05) is 126 Å². The zero-order valence-electron chi connectivity index (χ0n) is 38.5. The first-order valence-electron chi connectivity index (χ1n) is 24.2. The molecule has 0 N–H and O–H groups in total. The Balaban J connectivity index is 1.48. The number of esters is 4. The summed E-state index contributed by atoms with van der Waals surface area (Å²) in [4.78, 5) is 52.2. The third kappa shape index (κ3) is 25.5. The highest BCUT2D eigenvalue weighted by atomic mass is 16.6. The second kappa shape index (κ2) is 31.7. The molecule has 2 saturated carbocycles. The molecule has 0 heterocycles. The summed E-state index contributed by atoms with van der Waals surface area (Å²) < 4.78 is 21.6. The molecule has 9 heteroatoms. The van der Waals surface area contributed by atoms with Crippen molar-refractivity contribution >= 4 is 23.9 Å². The van der Waals surface area contributed by atoms with Crippen LogP contribution in [0.2, 0.25) is 0 Å². The van der Waals surface area contributed by atoms with Crippen molar-refractivity contribution in [2.75, 3.05) is 46.1 Å². The number of nitrogens with zero attached hydrogens (tertiary/aromatic N) is 1. The van der Waals surface area contributed by atoms with Gasteiger partial charge in [0.25, 0.3) is 0 Å². The van der Waals surface area contributed by atoms with Crippen LogP contribution in [0.5, 0.6) is 0 Å². The first-order chi connectivity index (χ1) is 27.9. The van der Waals surface area contributed by atoms with E-state index in [1.165, 1.54) is 77.0 Å². The smallest absolute Gasteiger partial charge is 0.309 e. The van der Waals surface area contributed by atoms with E-state index in [2.05, 4.69) is 53.4 Å². The lowest BCUT2D eigenvalue weighted by molar-refractivity contribution is -0.156. The van der Waals surface area contributed by atoms with E-state index in [9.17, 15) is 19.2 Å². The molecule has 0 aromatic heterocycles. The topological polar surface area (TPSA) is 108 Å². The van der Waals surface area contributed by atoms with Crippen molar-refractivity contribution in [3.63, 3.8) is 0 Å². The van der Waals surface area contributed by atoms with Gasteiger partial charge >= 0.3 is 23.9 Å². The van der Waals surface area contributed by atoms with Crippen molar-refractivity contribution in [3.05, 3.63) is 0 Å². The van der Waals surface area contributed by atoms with E-state index in [4.69, 9.17) is 18.9 Å². The Bertz CT molecular complexity index is 1010. The average molecular weight is 820 g/mol. The Morgan fingerprint density at radius 1 is 0.483 bits per heavy atom. The molecule has 0 radical (unpaired) electrons. The molecule has 58 heavy (non-hydrogen) atoms. The lowest BCUT2D eigenvalue weighted by Crippen LogP contribution is -2.31. The van der Waals surface area contributed by atoms with Crippen LogP contribution in [0.25, 0.3) is 0 Å². The maximum absolute atomic E-state index is 12.6. The summed E-state index contributed by atoms with van der Waals surface area (Å²) in [6, 6.07) is 0. The van der Waals surface area contributed by atoms with Crippen LogP contribution in [-0.4, -0.2) is 74.8 Å². The number of hydrogen-bond acceptors (Lipinski definition) is 9. The minimum atomic E-state index is -0.345. The summed E-state index contributed by atoms with van der Waals surface area (Å²) in [5, 5.41) is 0. The van der Waals surface area contributed by atoms with Crippen LogP contribution in [0, 0.1) is 47.3 Å². The highest BCUT2D eigenvalue weighted by molar-refractivity contribution is 5.73. The van der Waals surface area contributed by atoms with Gasteiger partial charge < -0.3 is 23.8 Å². The van der Waals surface area contributed by atoms with E-state index in [1.54, 1.807) is 0 Å². The van der Waals surface area contributed by atoms with E-state index in [-0.39, 0.29) is 75.0 Å². The number of hydrogen-bond donors (Lipinski definition) is 0. The zero-order chi connectivity index (χ0) is 42.5. The summed E-state index contributed by atoms with van der Waals surface area (Å²) in [6.07, 6.45) is 25.0. The molecule has 2 fully saturated rings. The lowest BCUT2D eigenvalue weighted by atomic mass is 9.79. The fourth-order valence-corrected chi connectivity index (χ4v) is 9.05. The van der Waals surface area contributed by atoms with Crippen LogP contribution >= 0.6 is 0 Å². The quantitative estimate of drug-likeness (QED) is 0.0372. The minimum Gasteiger partial charge on any atom is -0.462 e. The van der Waals surface area contributed by atoms with Gasteiger partial charge in [0.2, 0.25) is 0 Å². The van der Waals surface area contributed by atoms with Crippen molar-refractivity contribution in [1.82, 2.24) is 4.90 Å². The molecule has 2 aliphatic rings. The Kier molecular flexibility index (Phi) is 28.4. The van der Waals surface area contributed by atoms with Crippen LogP contribution < -0.4 is 0 Å². The SMILES string of the molecule is CCCN(CCC(=O)OCCOC(=O)C1CCC(CCCC(C)CCCC(C)C)CC1)CCC(=O)OCCOC(=O)C1CCC(CCCC(C)CCCC(C)C)CC1. The molecule has 2 rings (SSSR count). The van der Waals surface area contributed by atoms with Crippen LogP contribution in [0.3, 0.4) is 0 Å². The van der Waals surface area contributed by atoms with E-state index in [0.29, 0.717) is 13.1 Å². The second-order valence-corrected chi connectivity index (χ2v) is 19.3. The molecular formula is C49H89NO8. The monoisotopic (exact) mass is 820 g/mol. The molecule has 338 valence electrons. The molecule has 0 aromatic carbocycles. The third-order valence-electron chi connectivity index (χ3n) is 12.9. The van der Waals surface area contributed by atoms with Crippen molar-refractivity contribution in [3.8, 4) is 0 Å². The third-order valence-corrected chi connectivity index (χ3v) is 12.9. The first kappa shape index (κ1) is 52.0. The molecule has 0 amide bonds. The highest BCUT2D eigenvalue weighted by Gasteiger charge is 2.28. The van der Waals surface area contributed by atoms with Gasteiger partial charge in [-0.2, -0.15) is 0 Å². The molecule has 9 nitrogen and oxygen atoms in total. The standard InChI is InChI=1S/C49H89NO8/c1-8-31-50(32-29-46(51)55-34-36-57-48(53)44-25-21-42(22-26-44)19-11-17-40(6)15-9-13-38(2)3)33-30-47(52)56-35-37-58-49(54)45-27-23-43(24-28-45)20-12-18-41(7)16-10-14-39(4)5/h38-45H,8-37H2,1-7H3. The number of rotatable bonds is 32. The molecule has 0 bridgehead atoms. The Morgan fingerprint density at radius 2 is 0.845 bits per heavy atom. The fraction of sp³-hybridized carbons (Fsp3) is 0.918. The van der Waals surface area contributed by atoms with Crippen molar-refractivity contribution in [1.29, 1.82) is 0 Å². The van der Waals surface area contributed by atoms with Crippen LogP contribution in [-0.2, 0) is 38.1 Å². The van der Waals surface area contributed by atoms with Gasteiger partial charge in [0, 0.05) is 13.1 Å². The van der Waals surface area contributed by atoms with E-state index >= 15 is 0 Å². The Hall–Kier alpha value is -2.16.